The van der Waals surface area contributed by atoms with Crippen molar-refractivity contribution in [1.29, 1.82) is 0 Å². The predicted octanol–water partition coefficient (Wildman–Crippen LogP) is 3.97. The van der Waals surface area contributed by atoms with Crippen molar-refractivity contribution in [2.24, 2.45) is 5.92 Å². The summed E-state index contributed by atoms with van der Waals surface area (Å²) in [6.07, 6.45) is 2.21. The third-order valence-electron chi connectivity index (χ3n) is 5.26. The van der Waals surface area contributed by atoms with E-state index in [0.29, 0.717) is 17.9 Å². The molecule has 1 aliphatic carbocycles. The molecule has 0 spiro atoms. The number of hydrogen-bond acceptors (Lipinski definition) is 4. The minimum Gasteiger partial charge on any atom is -0.352 e. The van der Waals surface area contributed by atoms with E-state index in [1.807, 2.05) is 60.0 Å². The van der Waals surface area contributed by atoms with Gasteiger partial charge in [0.15, 0.2) is 10.6 Å². The Morgan fingerprint density at radius 1 is 1.19 bits per heavy atom. The Balaban J connectivity index is 1.32. The minimum absolute atomic E-state index is 0.0717. The summed E-state index contributed by atoms with van der Waals surface area (Å²) in [5, 5.41) is 13.0. The number of amides is 2. The fourth-order valence-corrected chi connectivity index (χ4v) is 3.52. The summed E-state index contributed by atoms with van der Waals surface area (Å²) in [4.78, 5) is 24.3. The highest BCUT2D eigenvalue weighted by Crippen LogP contribution is 2.30. The van der Waals surface area contributed by atoms with Crippen LogP contribution in [0, 0.1) is 17.6 Å². The number of hydrogen-bond donors (Lipinski definition) is 3. The van der Waals surface area contributed by atoms with Crippen molar-refractivity contribution in [3.63, 3.8) is 0 Å². The number of aryl methyl sites for hydroxylation is 1. The van der Waals surface area contributed by atoms with Gasteiger partial charge in [0.25, 0.3) is 0 Å². The lowest BCUT2D eigenvalue weighted by atomic mass is 10.1. The Kier molecular flexibility index (Phi) is 6.27. The SMILES string of the molecule is Cc1ccc(-c2n[nH]c(=S)n2CCC(=O)NCc2cccc(NC(=O)C3CC3)c2)cc1. The van der Waals surface area contributed by atoms with Gasteiger partial charge in [-0.2, -0.15) is 5.10 Å². The minimum atomic E-state index is -0.0784. The van der Waals surface area contributed by atoms with E-state index in [2.05, 4.69) is 20.8 Å². The zero-order valence-electron chi connectivity index (χ0n) is 17.4. The summed E-state index contributed by atoms with van der Waals surface area (Å²) in [6.45, 7) is 2.86. The topological polar surface area (TPSA) is 91.8 Å². The van der Waals surface area contributed by atoms with E-state index in [4.69, 9.17) is 12.2 Å². The molecule has 0 atom stereocenters. The van der Waals surface area contributed by atoms with Gasteiger partial charge in [0.2, 0.25) is 11.8 Å². The zero-order chi connectivity index (χ0) is 21.8. The molecular formula is C23H25N5O2S. The number of aromatic amines is 1. The van der Waals surface area contributed by atoms with Crippen LogP contribution in [0.1, 0.15) is 30.4 Å². The van der Waals surface area contributed by atoms with Crippen LogP contribution < -0.4 is 10.6 Å². The Morgan fingerprint density at radius 3 is 2.71 bits per heavy atom. The van der Waals surface area contributed by atoms with Crippen molar-refractivity contribution in [2.45, 2.75) is 39.3 Å². The molecule has 2 aromatic carbocycles. The molecule has 3 aromatic rings. The van der Waals surface area contributed by atoms with Crippen LogP contribution >= 0.6 is 12.2 Å². The van der Waals surface area contributed by atoms with E-state index >= 15 is 0 Å². The van der Waals surface area contributed by atoms with E-state index in [-0.39, 0.29) is 24.2 Å². The van der Waals surface area contributed by atoms with Crippen LogP contribution in [0.4, 0.5) is 5.69 Å². The first-order valence-corrected chi connectivity index (χ1v) is 10.8. The van der Waals surface area contributed by atoms with Crippen molar-refractivity contribution in [3.05, 3.63) is 64.4 Å². The molecule has 8 heteroatoms. The molecule has 0 radical (unpaired) electrons. The molecule has 1 aromatic heterocycles. The molecule has 0 bridgehead atoms. The largest absolute Gasteiger partial charge is 0.352 e. The second-order valence-electron chi connectivity index (χ2n) is 7.86. The van der Waals surface area contributed by atoms with Crippen LogP contribution in [0.15, 0.2) is 48.5 Å². The Labute approximate surface area is 185 Å². The average molecular weight is 436 g/mol. The fraction of sp³-hybridized carbons (Fsp3) is 0.304. The van der Waals surface area contributed by atoms with Gasteiger partial charge in [0.1, 0.15) is 0 Å². The van der Waals surface area contributed by atoms with Crippen LogP contribution in [-0.4, -0.2) is 26.6 Å². The Hall–Kier alpha value is -3.26. The number of aromatic nitrogens is 3. The monoisotopic (exact) mass is 435 g/mol. The Bertz CT molecular complexity index is 1150. The first-order valence-electron chi connectivity index (χ1n) is 10.4. The molecular weight excluding hydrogens is 410 g/mol. The average Bonchev–Trinajstić information content (AvgIpc) is 3.55. The molecule has 1 fully saturated rings. The highest BCUT2D eigenvalue weighted by atomic mass is 32.1. The van der Waals surface area contributed by atoms with Crippen LogP contribution in [0.3, 0.4) is 0 Å². The van der Waals surface area contributed by atoms with E-state index in [1.165, 1.54) is 5.56 Å². The number of H-pyrrole nitrogens is 1. The first-order chi connectivity index (χ1) is 15.0. The van der Waals surface area contributed by atoms with Crippen molar-refractivity contribution in [3.8, 4) is 11.4 Å². The van der Waals surface area contributed by atoms with Crippen molar-refractivity contribution >= 4 is 29.7 Å². The summed E-state index contributed by atoms with van der Waals surface area (Å²) in [6, 6.07) is 15.6. The molecule has 0 aliphatic heterocycles. The smallest absolute Gasteiger partial charge is 0.227 e. The predicted molar refractivity (Wildman–Crippen MR) is 122 cm³/mol. The van der Waals surface area contributed by atoms with E-state index < -0.39 is 0 Å². The maximum atomic E-state index is 12.4. The number of rotatable bonds is 8. The Morgan fingerprint density at radius 2 is 1.97 bits per heavy atom. The maximum Gasteiger partial charge on any atom is 0.227 e. The van der Waals surface area contributed by atoms with Crippen molar-refractivity contribution in [1.82, 2.24) is 20.1 Å². The number of nitrogens with one attached hydrogen (secondary N) is 3. The van der Waals surface area contributed by atoms with Gasteiger partial charge in [-0.1, -0.05) is 42.0 Å². The van der Waals surface area contributed by atoms with Gasteiger partial charge >= 0.3 is 0 Å². The van der Waals surface area contributed by atoms with Gasteiger partial charge in [-0.25, -0.2) is 0 Å². The number of anilines is 1. The number of benzene rings is 2. The highest BCUT2D eigenvalue weighted by molar-refractivity contribution is 7.71. The van der Waals surface area contributed by atoms with Gasteiger partial charge in [-0.15, -0.1) is 0 Å². The zero-order valence-corrected chi connectivity index (χ0v) is 18.2. The van der Waals surface area contributed by atoms with Crippen molar-refractivity contribution in [2.75, 3.05) is 5.32 Å². The van der Waals surface area contributed by atoms with Gasteiger partial charge in [0, 0.05) is 36.7 Å². The molecule has 0 saturated heterocycles. The molecule has 3 N–H and O–H groups in total. The molecule has 1 saturated carbocycles. The molecule has 4 rings (SSSR count). The quantitative estimate of drug-likeness (QED) is 0.467. The molecule has 2 amide bonds. The summed E-state index contributed by atoms with van der Waals surface area (Å²) in [7, 11) is 0. The van der Waals surface area contributed by atoms with Crippen molar-refractivity contribution < 1.29 is 9.59 Å². The fourth-order valence-electron chi connectivity index (χ4n) is 3.30. The summed E-state index contributed by atoms with van der Waals surface area (Å²) >= 11 is 5.34. The van der Waals surface area contributed by atoms with Crippen LogP contribution in [0.25, 0.3) is 11.4 Å². The second kappa shape index (κ2) is 9.26. The number of nitrogens with zero attached hydrogens (tertiary/aromatic N) is 2. The third-order valence-corrected chi connectivity index (χ3v) is 5.57. The first kappa shape index (κ1) is 21.0. The van der Waals surface area contributed by atoms with E-state index in [0.717, 1.165) is 35.5 Å². The maximum absolute atomic E-state index is 12.4. The molecule has 0 unspecified atom stereocenters. The molecule has 1 heterocycles. The van der Waals surface area contributed by atoms with E-state index in [9.17, 15) is 9.59 Å². The third kappa shape index (κ3) is 5.46. The highest BCUT2D eigenvalue weighted by Gasteiger charge is 2.29. The summed E-state index contributed by atoms with van der Waals surface area (Å²) in [5.41, 5.74) is 3.81. The molecule has 1 aliphatic rings. The number of carbonyl (C=O) groups is 2. The number of carbonyl (C=O) groups excluding carboxylic acids is 2. The molecule has 7 nitrogen and oxygen atoms in total. The summed E-state index contributed by atoms with van der Waals surface area (Å²) in [5.74, 6) is 0.868. The standard InChI is InChI=1S/C23H25N5O2S/c1-15-5-7-17(8-6-15)21-26-27-23(31)28(21)12-11-20(29)24-14-16-3-2-4-19(13-16)25-22(30)18-9-10-18/h2-8,13,18H,9-12,14H2,1H3,(H,24,29)(H,25,30)(H,27,31). The van der Waals surface area contributed by atoms with Gasteiger partial charge in [-0.3, -0.25) is 19.3 Å². The lowest BCUT2D eigenvalue weighted by Gasteiger charge is -2.10. The van der Waals surface area contributed by atoms with Gasteiger partial charge in [-0.05, 0) is 49.7 Å². The van der Waals surface area contributed by atoms with Gasteiger partial charge < -0.3 is 10.6 Å². The van der Waals surface area contributed by atoms with Crippen LogP contribution in [0.2, 0.25) is 0 Å². The molecule has 31 heavy (non-hydrogen) atoms. The van der Waals surface area contributed by atoms with Crippen LogP contribution in [0.5, 0.6) is 0 Å². The lowest BCUT2D eigenvalue weighted by Crippen LogP contribution is -2.24. The summed E-state index contributed by atoms with van der Waals surface area (Å²) < 4.78 is 2.33. The lowest BCUT2D eigenvalue weighted by molar-refractivity contribution is -0.121. The van der Waals surface area contributed by atoms with E-state index in [1.54, 1.807) is 0 Å². The van der Waals surface area contributed by atoms with Gasteiger partial charge in [0.05, 0.1) is 0 Å². The molecule has 160 valence electrons. The van der Waals surface area contributed by atoms with Crippen LogP contribution in [-0.2, 0) is 22.7 Å². The normalized spacial score (nSPS) is 13.1. The second-order valence-corrected chi connectivity index (χ2v) is 8.25.